The topological polar surface area (TPSA) is 35.0 Å². The average molecular weight is 160 g/mol. The van der Waals surface area contributed by atoms with Crippen molar-refractivity contribution in [2.24, 2.45) is 0 Å². The lowest BCUT2D eigenvalue weighted by Gasteiger charge is -2.02. The molecule has 0 bridgehead atoms. The van der Waals surface area contributed by atoms with Crippen LogP contribution >= 0.6 is 0 Å². The first-order chi connectivity index (χ1) is 5.92. The third kappa shape index (κ3) is 0.993. The van der Waals surface area contributed by atoms with Crippen molar-refractivity contribution in [1.29, 1.82) is 0 Å². The van der Waals surface area contributed by atoms with Crippen LogP contribution in [0.3, 0.4) is 0 Å². The van der Waals surface area contributed by atoms with Crippen molar-refractivity contribution in [3.05, 3.63) is 30.7 Å². The quantitative estimate of drug-likeness (QED) is 0.636. The number of ether oxygens (including phenoxy) is 1. The Morgan fingerprint density at radius 3 is 3.08 bits per heavy atom. The van der Waals surface area contributed by atoms with Gasteiger partial charge in [-0.15, -0.1) is 0 Å². The second kappa shape index (κ2) is 2.77. The van der Waals surface area contributed by atoms with Gasteiger partial charge in [-0.3, -0.25) is 0 Å². The lowest BCUT2D eigenvalue weighted by Crippen LogP contribution is -1.86. The van der Waals surface area contributed by atoms with Gasteiger partial charge in [-0.05, 0) is 12.1 Å². The SMILES string of the molecule is COc1cccc2ncncc12. The number of rotatable bonds is 1. The zero-order valence-electron chi connectivity index (χ0n) is 6.69. The zero-order chi connectivity index (χ0) is 8.39. The van der Waals surface area contributed by atoms with Crippen LogP contribution in [0.1, 0.15) is 0 Å². The summed E-state index contributed by atoms with van der Waals surface area (Å²) in [6, 6.07) is 5.74. The lowest BCUT2D eigenvalue weighted by atomic mass is 10.2. The van der Waals surface area contributed by atoms with Gasteiger partial charge in [0.05, 0.1) is 18.0 Å². The molecule has 0 radical (unpaired) electrons. The van der Waals surface area contributed by atoms with Gasteiger partial charge in [-0.25, -0.2) is 9.97 Å². The minimum absolute atomic E-state index is 0.813. The van der Waals surface area contributed by atoms with Crippen LogP contribution in [0.4, 0.5) is 0 Å². The molecule has 0 aliphatic carbocycles. The molecule has 0 saturated carbocycles. The van der Waals surface area contributed by atoms with Crippen LogP contribution in [0, 0.1) is 0 Å². The fourth-order valence-electron chi connectivity index (χ4n) is 1.16. The molecular weight excluding hydrogens is 152 g/mol. The number of methoxy groups -OCH3 is 1. The Bertz CT molecular complexity index is 395. The first kappa shape index (κ1) is 7.03. The monoisotopic (exact) mass is 160 g/mol. The van der Waals surface area contributed by atoms with Crippen LogP contribution in [-0.4, -0.2) is 17.1 Å². The number of nitrogens with zero attached hydrogens (tertiary/aromatic N) is 2. The number of hydrogen-bond acceptors (Lipinski definition) is 3. The summed E-state index contributed by atoms with van der Waals surface area (Å²) in [4.78, 5) is 8.03. The van der Waals surface area contributed by atoms with Gasteiger partial charge in [-0.1, -0.05) is 6.07 Å². The summed E-state index contributed by atoms with van der Waals surface area (Å²) in [6.07, 6.45) is 3.28. The Labute approximate surface area is 70.0 Å². The highest BCUT2D eigenvalue weighted by Gasteiger charge is 1.99. The van der Waals surface area contributed by atoms with Crippen molar-refractivity contribution >= 4 is 10.9 Å². The van der Waals surface area contributed by atoms with Crippen LogP contribution in [0.25, 0.3) is 10.9 Å². The number of hydrogen-bond donors (Lipinski definition) is 0. The van der Waals surface area contributed by atoms with Gasteiger partial charge in [0.1, 0.15) is 12.1 Å². The van der Waals surface area contributed by atoms with E-state index >= 15 is 0 Å². The molecule has 0 N–H and O–H groups in total. The Morgan fingerprint density at radius 2 is 2.25 bits per heavy atom. The summed E-state index contributed by atoms with van der Waals surface area (Å²) >= 11 is 0. The molecule has 0 unspecified atom stereocenters. The van der Waals surface area contributed by atoms with E-state index in [1.54, 1.807) is 13.3 Å². The summed E-state index contributed by atoms with van der Waals surface area (Å²) in [5, 5.41) is 0.947. The summed E-state index contributed by atoms with van der Waals surface area (Å²) < 4.78 is 5.15. The van der Waals surface area contributed by atoms with E-state index in [-0.39, 0.29) is 0 Å². The smallest absolute Gasteiger partial charge is 0.129 e. The van der Waals surface area contributed by atoms with Crippen molar-refractivity contribution in [3.8, 4) is 5.75 Å². The predicted molar refractivity (Wildman–Crippen MR) is 46.1 cm³/mol. The minimum Gasteiger partial charge on any atom is -0.496 e. The van der Waals surface area contributed by atoms with Crippen molar-refractivity contribution in [2.45, 2.75) is 0 Å². The first-order valence-electron chi connectivity index (χ1n) is 3.64. The normalized spacial score (nSPS) is 10.1. The van der Waals surface area contributed by atoms with Crippen molar-refractivity contribution in [2.75, 3.05) is 7.11 Å². The maximum Gasteiger partial charge on any atom is 0.129 e. The van der Waals surface area contributed by atoms with E-state index in [9.17, 15) is 0 Å². The van der Waals surface area contributed by atoms with Crippen molar-refractivity contribution in [3.63, 3.8) is 0 Å². The second-order valence-electron chi connectivity index (χ2n) is 2.42. The molecule has 0 aliphatic heterocycles. The Kier molecular flexibility index (Phi) is 1.63. The van der Waals surface area contributed by atoms with Crippen molar-refractivity contribution in [1.82, 2.24) is 9.97 Å². The molecule has 0 saturated heterocycles. The van der Waals surface area contributed by atoms with E-state index in [0.717, 1.165) is 16.7 Å². The molecule has 1 aromatic carbocycles. The van der Waals surface area contributed by atoms with E-state index in [2.05, 4.69) is 9.97 Å². The van der Waals surface area contributed by atoms with E-state index in [1.165, 1.54) is 6.33 Å². The standard InChI is InChI=1S/C9H8N2O/c1-12-9-4-2-3-8-7(9)5-10-6-11-8/h2-6H,1H3. The van der Waals surface area contributed by atoms with Gasteiger partial charge in [-0.2, -0.15) is 0 Å². The molecule has 3 heteroatoms. The minimum atomic E-state index is 0.813. The molecular formula is C9H8N2O. The highest BCUT2D eigenvalue weighted by Crippen LogP contribution is 2.21. The summed E-state index contributed by atoms with van der Waals surface area (Å²) in [7, 11) is 1.64. The van der Waals surface area contributed by atoms with Crippen LogP contribution < -0.4 is 4.74 Å². The molecule has 2 rings (SSSR count). The largest absolute Gasteiger partial charge is 0.496 e. The first-order valence-corrected chi connectivity index (χ1v) is 3.64. The molecule has 1 heterocycles. The van der Waals surface area contributed by atoms with Gasteiger partial charge in [0, 0.05) is 6.20 Å². The van der Waals surface area contributed by atoms with Crippen LogP contribution in [0.15, 0.2) is 30.7 Å². The number of fused-ring (bicyclic) bond motifs is 1. The summed E-state index contributed by atoms with van der Waals surface area (Å²) in [6.45, 7) is 0. The zero-order valence-corrected chi connectivity index (χ0v) is 6.69. The Hall–Kier alpha value is -1.64. The van der Waals surface area contributed by atoms with E-state index < -0.39 is 0 Å². The van der Waals surface area contributed by atoms with Crippen LogP contribution in [-0.2, 0) is 0 Å². The molecule has 2 aromatic rings. The number of aromatic nitrogens is 2. The predicted octanol–water partition coefficient (Wildman–Crippen LogP) is 1.64. The highest BCUT2D eigenvalue weighted by molar-refractivity contribution is 5.83. The lowest BCUT2D eigenvalue weighted by molar-refractivity contribution is 0.419. The van der Waals surface area contributed by atoms with E-state index in [4.69, 9.17) is 4.74 Å². The van der Waals surface area contributed by atoms with E-state index in [0.29, 0.717) is 0 Å². The molecule has 0 spiro atoms. The molecule has 0 atom stereocenters. The van der Waals surface area contributed by atoms with E-state index in [1.807, 2.05) is 18.2 Å². The summed E-state index contributed by atoms with van der Waals surface area (Å²) in [5.74, 6) is 0.813. The summed E-state index contributed by atoms with van der Waals surface area (Å²) in [5.41, 5.74) is 0.907. The highest BCUT2D eigenvalue weighted by atomic mass is 16.5. The van der Waals surface area contributed by atoms with Gasteiger partial charge in [0.25, 0.3) is 0 Å². The molecule has 0 amide bonds. The van der Waals surface area contributed by atoms with Gasteiger partial charge in [0.15, 0.2) is 0 Å². The molecule has 3 nitrogen and oxygen atoms in total. The number of benzene rings is 1. The molecule has 0 fully saturated rings. The Morgan fingerprint density at radius 1 is 1.33 bits per heavy atom. The van der Waals surface area contributed by atoms with Gasteiger partial charge in [0.2, 0.25) is 0 Å². The molecule has 0 aliphatic rings. The fraction of sp³-hybridized carbons (Fsp3) is 0.111. The molecule has 12 heavy (non-hydrogen) atoms. The van der Waals surface area contributed by atoms with Crippen molar-refractivity contribution < 1.29 is 4.74 Å². The second-order valence-corrected chi connectivity index (χ2v) is 2.42. The maximum atomic E-state index is 5.15. The van der Waals surface area contributed by atoms with Gasteiger partial charge >= 0.3 is 0 Å². The molecule has 60 valence electrons. The molecule has 1 aromatic heterocycles. The Balaban J connectivity index is 2.79. The maximum absolute atomic E-state index is 5.15. The average Bonchev–Trinajstić information content (AvgIpc) is 2.17. The third-order valence-electron chi connectivity index (χ3n) is 1.73. The fourth-order valence-corrected chi connectivity index (χ4v) is 1.16. The van der Waals surface area contributed by atoms with Crippen LogP contribution in [0.5, 0.6) is 5.75 Å². The third-order valence-corrected chi connectivity index (χ3v) is 1.73. The van der Waals surface area contributed by atoms with Crippen LogP contribution in [0.2, 0.25) is 0 Å². The van der Waals surface area contributed by atoms with Gasteiger partial charge < -0.3 is 4.74 Å².